The number of methoxy groups -OCH3 is 1. The predicted octanol–water partition coefficient (Wildman–Crippen LogP) is 2.87. The van der Waals surface area contributed by atoms with Crippen LogP contribution in [0.4, 0.5) is 5.82 Å². The van der Waals surface area contributed by atoms with E-state index in [2.05, 4.69) is 22.2 Å². The summed E-state index contributed by atoms with van der Waals surface area (Å²) in [4.78, 5) is 11.5. The van der Waals surface area contributed by atoms with E-state index in [1.807, 2.05) is 11.3 Å². The summed E-state index contributed by atoms with van der Waals surface area (Å²) in [6.07, 6.45) is 5.29. The van der Waals surface area contributed by atoms with Gasteiger partial charge in [0.15, 0.2) is 0 Å². The largest absolute Gasteiger partial charge is 0.383 e. The van der Waals surface area contributed by atoms with Crippen molar-refractivity contribution in [3.8, 4) is 0 Å². The average Bonchev–Trinajstić information content (AvgIpc) is 2.78. The van der Waals surface area contributed by atoms with Gasteiger partial charge in [-0.15, -0.1) is 11.3 Å². The van der Waals surface area contributed by atoms with Crippen LogP contribution in [-0.2, 0) is 17.6 Å². The Labute approximate surface area is 117 Å². The number of ether oxygens (including phenoxy) is 1. The lowest BCUT2D eigenvalue weighted by atomic mass is 9.88. The smallest absolute Gasteiger partial charge is 0.138 e. The van der Waals surface area contributed by atoms with Crippen LogP contribution in [0.1, 0.15) is 23.8 Å². The lowest BCUT2D eigenvalue weighted by Crippen LogP contribution is -2.11. The number of fused-ring (bicyclic) bond motifs is 3. The zero-order valence-electron chi connectivity index (χ0n) is 11.4. The van der Waals surface area contributed by atoms with Crippen LogP contribution in [0, 0.1) is 5.92 Å². The average molecular weight is 277 g/mol. The molecular weight excluding hydrogens is 258 g/mol. The minimum Gasteiger partial charge on any atom is -0.383 e. The molecular formula is C14H19N3OS. The molecule has 0 aliphatic heterocycles. The number of hydrogen-bond donors (Lipinski definition) is 1. The quantitative estimate of drug-likeness (QED) is 0.873. The molecule has 5 heteroatoms. The summed E-state index contributed by atoms with van der Waals surface area (Å²) < 4.78 is 5.08. The zero-order chi connectivity index (χ0) is 13.2. The lowest BCUT2D eigenvalue weighted by Gasteiger charge is -2.18. The molecule has 1 N–H and O–H groups in total. The van der Waals surface area contributed by atoms with Crippen LogP contribution in [0.2, 0.25) is 0 Å². The second-order valence-corrected chi connectivity index (χ2v) is 6.26. The molecule has 0 radical (unpaired) electrons. The van der Waals surface area contributed by atoms with Gasteiger partial charge in [0.25, 0.3) is 0 Å². The summed E-state index contributed by atoms with van der Waals surface area (Å²) in [6, 6.07) is 0. The molecule has 0 amide bonds. The molecule has 0 fully saturated rings. The number of aryl methyl sites for hydroxylation is 1. The van der Waals surface area contributed by atoms with Crippen molar-refractivity contribution < 1.29 is 4.74 Å². The SMILES string of the molecule is COCCNc1ncnc2sc3c(c12)CC(C)CC3. The normalized spacial score (nSPS) is 18.5. The Morgan fingerprint density at radius 2 is 2.37 bits per heavy atom. The van der Waals surface area contributed by atoms with Crippen molar-refractivity contribution in [1.82, 2.24) is 9.97 Å². The van der Waals surface area contributed by atoms with E-state index < -0.39 is 0 Å². The van der Waals surface area contributed by atoms with E-state index in [9.17, 15) is 0 Å². The monoisotopic (exact) mass is 277 g/mol. The molecule has 19 heavy (non-hydrogen) atoms. The van der Waals surface area contributed by atoms with E-state index in [1.54, 1.807) is 13.4 Å². The molecule has 4 nitrogen and oxygen atoms in total. The fourth-order valence-corrected chi connectivity index (χ4v) is 3.87. The number of thiophene rings is 1. The van der Waals surface area contributed by atoms with Gasteiger partial charge in [-0.2, -0.15) is 0 Å². The summed E-state index contributed by atoms with van der Waals surface area (Å²) in [5, 5.41) is 4.61. The van der Waals surface area contributed by atoms with Crippen molar-refractivity contribution in [2.75, 3.05) is 25.6 Å². The fourth-order valence-electron chi connectivity index (χ4n) is 2.69. The van der Waals surface area contributed by atoms with Gasteiger partial charge in [-0.25, -0.2) is 9.97 Å². The van der Waals surface area contributed by atoms with E-state index in [1.165, 1.54) is 28.7 Å². The summed E-state index contributed by atoms with van der Waals surface area (Å²) in [5.74, 6) is 1.73. The van der Waals surface area contributed by atoms with Gasteiger partial charge in [0.1, 0.15) is 17.0 Å². The topological polar surface area (TPSA) is 47.0 Å². The second kappa shape index (κ2) is 5.43. The van der Waals surface area contributed by atoms with Gasteiger partial charge in [0.05, 0.1) is 12.0 Å². The van der Waals surface area contributed by atoms with Crippen LogP contribution in [0.15, 0.2) is 6.33 Å². The van der Waals surface area contributed by atoms with Crippen LogP contribution < -0.4 is 5.32 Å². The molecule has 2 aromatic rings. The predicted molar refractivity (Wildman–Crippen MR) is 79.0 cm³/mol. The van der Waals surface area contributed by atoms with Crippen molar-refractivity contribution in [3.63, 3.8) is 0 Å². The summed E-state index contributed by atoms with van der Waals surface area (Å²) in [7, 11) is 1.71. The van der Waals surface area contributed by atoms with Crippen LogP contribution in [0.3, 0.4) is 0 Å². The molecule has 0 bridgehead atoms. The zero-order valence-corrected chi connectivity index (χ0v) is 12.2. The van der Waals surface area contributed by atoms with Gasteiger partial charge in [0.2, 0.25) is 0 Å². The highest BCUT2D eigenvalue weighted by Crippen LogP contribution is 2.39. The van der Waals surface area contributed by atoms with Gasteiger partial charge in [0, 0.05) is 18.5 Å². The highest BCUT2D eigenvalue weighted by molar-refractivity contribution is 7.19. The third kappa shape index (κ3) is 2.44. The Hall–Kier alpha value is -1.20. The van der Waals surface area contributed by atoms with Crippen molar-refractivity contribution >= 4 is 27.4 Å². The van der Waals surface area contributed by atoms with Crippen molar-refractivity contribution in [2.45, 2.75) is 26.2 Å². The van der Waals surface area contributed by atoms with Crippen LogP contribution in [-0.4, -0.2) is 30.2 Å². The number of nitrogens with zero attached hydrogens (tertiary/aromatic N) is 2. The first-order valence-electron chi connectivity index (χ1n) is 6.77. The molecule has 102 valence electrons. The van der Waals surface area contributed by atoms with Crippen molar-refractivity contribution in [1.29, 1.82) is 0 Å². The maximum atomic E-state index is 5.08. The Kier molecular flexibility index (Phi) is 3.66. The van der Waals surface area contributed by atoms with Gasteiger partial charge >= 0.3 is 0 Å². The Morgan fingerprint density at radius 1 is 1.47 bits per heavy atom. The molecule has 0 saturated carbocycles. The van der Waals surface area contributed by atoms with Crippen LogP contribution in [0.25, 0.3) is 10.2 Å². The highest BCUT2D eigenvalue weighted by Gasteiger charge is 2.22. The summed E-state index contributed by atoms with van der Waals surface area (Å²) >= 11 is 1.83. The molecule has 0 aromatic carbocycles. The van der Waals surface area contributed by atoms with Crippen molar-refractivity contribution in [3.05, 3.63) is 16.8 Å². The highest BCUT2D eigenvalue weighted by atomic mass is 32.1. The molecule has 1 atom stereocenters. The first-order chi connectivity index (χ1) is 9.29. The fraction of sp³-hybridized carbons (Fsp3) is 0.571. The van der Waals surface area contributed by atoms with E-state index >= 15 is 0 Å². The molecule has 3 rings (SSSR count). The standard InChI is InChI=1S/C14H19N3OS/c1-9-3-4-11-10(7-9)12-13(15-5-6-18-2)16-8-17-14(12)19-11/h8-9H,3-7H2,1-2H3,(H,15,16,17). The van der Waals surface area contributed by atoms with Crippen LogP contribution in [0.5, 0.6) is 0 Å². The van der Waals surface area contributed by atoms with Crippen molar-refractivity contribution in [2.24, 2.45) is 5.92 Å². The first-order valence-corrected chi connectivity index (χ1v) is 7.59. The third-order valence-corrected chi connectivity index (χ3v) is 4.89. The van der Waals surface area contributed by atoms with Gasteiger partial charge in [-0.05, 0) is 30.7 Å². The van der Waals surface area contributed by atoms with Gasteiger partial charge in [-0.3, -0.25) is 0 Å². The van der Waals surface area contributed by atoms with E-state index in [-0.39, 0.29) is 0 Å². The van der Waals surface area contributed by atoms with Gasteiger partial charge < -0.3 is 10.1 Å². The number of nitrogens with one attached hydrogen (secondary N) is 1. The molecule has 0 saturated heterocycles. The van der Waals surface area contributed by atoms with E-state index in [0.29, 0.717) is 6.61 Å². The Balaban J connectivity index is 2.00. The number of hydrogen-bond acceptors (Lipinski definition) is 5. The number of anilines is 1. The second-order valence-electron chi connectivity index (χ2n) is 5.17. The maximum Gasteiger partial charge on any atom is 0.138 e. The van der Waals surface area contributed by atoms with Gasteiger partial charge in [-0.1, -0.05) is 6.92 Å². The summed E-state index contributed by atoms with van der Waals surface area (Å²) in [6.45, 7) is 3.80. The minimum atomic E-state index is 0.689. The molecule has 0 spiro atoms. The molecule has 2 aromatic heterocycles. The van der Waals surface area contributed by atoms with E-state index in [4.69, 9.17) is 4.74 Å². The first kappa shape index (κ1) is 12.8. The maximum absolute atomic E-state index is 5.08. The number of aromatic nitrogens is 2. The molecule has 2 heterocycles. The number of rotatable bonds is 4. The summed E-state index contributed by atoms with van der Waals surface area (Å²) in [5.41, 5.74) is 1.47. The van der Waals surface area contributed by atoms with Crippen LogP contribution >= 0.6 is 11.3 Å². The molecule has 1 aliphatic carbocycles. The van der Waals surface area contributed by atoms with E-state index in [0.717, 1.165) is 29.5 Å². The Morgan fingerprint density at radius 3 is 3.21 bits per heavy atom. The molecule has 1 unspecified atom stereocenters. The lowest BCUT2D eigenvalue weighted by molar-refractivity contribution is 0.210. The molecule has 1 aliphatic rings. The minimum absolute atomic E-state index is 0.689. The Bertz CT molecular complexity index is 581. The third-order valence-electron chi connectivity index (χ3n) is 3.69.